The second-order valence-electron chi connectivity index (χ2n) is 3.58. The lowest BCUT2D eigenvalue weighted by Crippen LogP contribution is -2.10. The third kappa shape index (κ3) is 3.57. The van der Waals surface area contributed by atoms with E-state index < -0.39 is 11.7 Å². The van der Waals surface area contributed by atoms with Gasteiger partial charge in [0.15, 0.2) is 5.82 Å². The third-order valence-corrected chi connectivity index (χ3v) is 2.50. The topological polar surface area (TPSA) is 63.8 Å². The lowest BCUT2D eigenvalue weighted by molar-refractivity contribution is -0.137. The van der Waals surface area contributed by atoms with Crippen LogP contribution in [0.15, 0.2) is 23.2 Å². The Morgan fingerprint density at radius 1 is 1.32 bits per heavy atom. The first kappa shape index (κ1) is 13.6. The number of hydrogen-bond acceptors (Lipinski definition) is 5. The van der Waals surface area contributed by atoms with Crippen LogP contribution in [0, 0.1) is 0 Å². The van der Waals surface area contributed by atoms with E-state index in [-0.39, 0.29) is 10.8 Å². The first-order chi connectivity index (χ1) is 8.97. The quantitative estimate of drug-likeness (QED) is 0.939. The Bertz CT molecular complexity index is 544. The molecule has 2 aromatic heterocycles. The zero-order valence-corrected chi connectivity index (χ0v) is 10.2. The molecule has 0 aliphatic carbocycles. The van der Waals surface area contributed by atoms with Crippen LogP contribution in [0.3, 0.4) is 0 Å². The summed E-state index contributed by atoms with van der Waals surface area (Å²) in [6, 6.07) is 0.825. The van der Waals surface area contributed by atoms with E-state index in [0.717, 1.165) is 12.3 Å². The van der Waals surface area contributed by atoms with Crippen molar-refractivity contribution >= 4 is 17.4 Å². The molecule has 0 aromatic carbocycles. The number of hydrogen-bond donors (Lipinski definition) is 1. The molecule has 0 atom stereocenters. The molecular formula is C10H8ClF3N4O. The van der Waals surface area contributed by atoms with Crippen molar-refractivity contribution < 1.29 is 17.7 Å². The smallest absolute Gasteiger partial charge is 0.368 e. The fourth-order valence-corrected chi connectivity index (χ4v) is 1.55. The molecule has 9 heteroatoms. The normalized spacial score (nSPS) is 11.6. The van der Waals surface area contributed by atoms with Crippen molar-refractivity contribution in [3.05, 3.63) is 35.1 Å². The van der Waals surface area contributed by atoms with Gasteiger partial charge in [-0.05, 0) is 6.07 Å². The van der Waals surface area contributed by atoms with Crippen LogP contribution in [-0.2, 0) is 12.6 Å². The van der Waals surface area contributed by atoms with Crippen LogP contribution in [0.25, 0.3) is 0 Å². The Balaban J connectivity index is 1.97. The predicted molar refractivity (Wildman–Crippen MR) is 60.7 cm³/mol. The van der Waals surface area contributed by atoms with Crippen molar-refractivity contribution in [2.75, 3.05) is 11.9 Å². The molecule has 19 heavy (non-hydrogen) atoms. The minimum absolute atomic E-state index is 0.0945. The van der Waals surface area contributed by atoms with Crippen molar-refractivity contribution in [3.63, 3.8) is 0 Å². The average Bonchev–Trinajstić information content (AvgIpc) is 2.83. The van der Waals surface area contributed by atoms with Crippen LogP contribution < -0.4 is 5.32 Å². The summed E-state index contributed by atoms with van der Waals surface area (Å²) in [5, 5.41) is 6.29. The number of aromatic nitrogens is 3. The second kappa shape index (κ2) is 5.43. The molecule has 0 bridgehead atoms. The highest BCUT2D eigenvalue weighted by molar-refractivity contribution is 6.32. The largest absolute Gasteiger partial charge is 0.417 e. The van der Waals surface area contributed by atoms with Crippen molar-refractivity contribution in [2.45, 2.75) is 12.6 Å². The second-order valence-corrected chi connectivity index (χ2v) is 3.98. The maximum Gasteiger partial charge on any atom is 0.417 e. The fourth-order valence-electron chi connectivity index (χ4n) is 1.32. The van der Waals surface area contributed by atoms with Gasteiger partial charge in [0.2, 0.25) is 6.39 Å². The number of nitrogens with zero attached hydrogens (tertiary/aromatic N) is 3. The molecule has 5 nitrogen and oxygen atoms in total. The number of alkyl halides is 3. The number of rotatable bonds is 4. The van der Waals surface area contributed by atoms with E-state index in [9.17, 15) is 13.2 Å². The van der Waals surface area contributed by atoms with Gasteiger partial charge in [-0.3, -0.25) is 0 Å². The van der Waals surface area contributed by atoms with E-state index in [2.05, 4.69) is 25.0 Å². The minimum atomic E-state index is -4.46. The van der Waals surface area contributed by atoms with E-state index in [1.165, 1.54) is 6.39 Å². The van der Waals surface area contributed by atoms with Gasteiger partial charge in [-0.1, -0.05) is 16.8 Å². The summed E-state index contributed by atoms with van der Waals surface area (Å²) in [6.07, 6.45) is -2.10. The highest BCUT2D eigenvalue weighted by atomic mass is 35.5. The highest BCUT2D eigenvalue weighted by Gasteiger charge is 2.31. The molecular weight excluding hydrogens is 285 g/mol. The molecule has 2 heterocycles. The first-order valence-electron chi connectivity index (χ1n) is 5.18. The standard InChI is InChI=1S/C10H8ClF3N4O/c11-7-3-6(10(12,13)14)4-16-9(7)15-2-1-8-17-5-19-18-8/h3-5H,1-2H2,(H,15,16). The summed E-state index contributed by atoms with van der Waals surface area (Å²) in [6.45, 7) is 0.373. The van der Waals surface area contributed by atoms with Gasteiger partial charge in [0.05, 0.1) is 10.6 Å². The van der Waals surface area contributed by atoms with Crippen LogP contribution in [0.2, 0.25) is 5.02 Å². The number of nitrogens with one attached hydrogen (secondary N) is 1. The first-order valence-corrected chi connectivity index (χ1v) is 5.56. The van der Waals surface area contributed by atoms with Crippen LogP contribution in [0.1, 0.15) is 11.4 Å². The van der Waals surface area contributed by atoms with Gasteiger partial charge in [0, 0.05) is 19.2 Å². The molecule has 0 unspecified atom stereocenters. The number of anilines is 1. The maximum atomic E-state index is 12.4. The third-order valence-electron chi connectivity index (χ3n) is 2.22. The summed E-state index contributed by atoms with van der Waals surface area (Å²) in [7, 11) is 0. The molecule has 0 fully saturated rings. The van der Waals surface area contributed by atoms with E-state index >= 15 is 0 Å². The molecule has 2 rings (SSSR count). The van der Waals surface area contributed by atoms with Crippen molar-refractivity contribution in [1.82, 2.24) is 15.1 Å². The molecule has 0 spiro atoms. The molecule has 0 amide bonds. The summed E-state index contributed by atoms with van der Waals surface area (Å²) < 4.78 is 41.7. The minimum Gasteiger partial charge on any atom is -0.368 e. The van der Waals surface area contributed by atoms with E-state index in [1.807, 2.05) is 0 Å². The Hall–Kier alpha value is -1.83. The van der Waals surface area contributed by atoms with Gasteiger partial charge in [0.1, 0.15) is 5.82 Å². The Labute approximate surface area is 110 Å². The average molecular weight is 293 g/mol. The molecule has 0 aliphatic rings. The van der Waals surface area contributed by atoms with Gasteiger partial charge in [-0.2, -0.15) is 18.2 Å². The molecule has 0 aliphatic heterocycles. The van der Waals surface area contributed by atoms with Crippen LogP contribution in [-0.4, -0.2) is 21.7 Å². The van der Waals surface area contributed by atoms with Gasteiger partial charge in [-0.25, -0.2) is 4.98 Å². The molecule has 1 N–H and O–H groups in total. The zero-order chi connectivity index (χ0) is 13.9. The van der Waals surface area contributed by atoms with Gasteiger partial charge < -0.3 is 9.84 Å². The lowest BCUT2D eigenvalue weighted by atomic mass is 10.2. The molecule has 0 saturated carbocycles. The van der Waals surface area contributed by atoms with Gasteiger partial charge >= 0.3 is 6.18 Å². The number of pyridine rings is 1. The van der Waals surface area contributed by atoms with Crippen molar-refractivity contribution in [2.24, 2.45) is 0 Å². The molecule has 2 aromatic rings. The lowest BCUT2D eigenvalue weighted by Gasteiger charge is -2.10. The van der Waals surface area contributed by atoms with Crippen LogP contribution in [0.4, 0.5) is 19.0 Å². The fraction of sp³-hybridized carbons (Fsp3) is 0.300. The Morgan fingerprint density at radius 2 is 2.11 bits per heavy atom. The predicted octanol–water partition coefficient (Wildman–Crippen LogP) is 2.79. The molecule has 0 saturated heterocycles. The van der Waals surface area contributed by atoms with Crippen LogP contribution in [0.5, 0.6) is 0 Å². The summed E-state index contributed by atoms with van der Waals surface area (Å²) in [4.78, 5) is 7.43. The van der Waals surface area contributed by atoms with E-state index in [4.69, 9.17) is 11.6 Å². The summed E-state index contributed by atoms with van der Waals surface area (Å²) >= 11 is 5.72. The Morgan fingerprint density at radius 3 is 2.68 bits per heavy atom. The monoisotopic (exact) mass is 292 g/mol. The summed E-state index contributed by atoms with van der Waals surface area (Å²) in [5.41, 5.74) is -0.888. The van der Waals surface area contributed by atoms with E-state index in [1.54, 1.807) is 0 Å². The van der Waals surface area contributed by atoms with Crippen molar-refractivity contribution in [1.29, 1.82) is 0 Å². The van der Waals surface area contributed by atoms with Crippen LogP contribution >= 0.6 is 11.6 Å². The van der Waals surface area contributed by atoms with Crippen molar-refractivity contribution in [3.8, 4) is 0 Å². The van der Waals surface area contributed by atoms with Gasteiger partial charge in [-0.15, -0.1) is 0 Å². The molecule has 102 valence electrons. The van der Waals surface area contributed by atoms with Gasteiger partial charge in [0.25, 0.3) is 0 Å². The maximum absolute atomic E-state index is 12.4. The summed E-state index contributed by atoms with van der Waals surface area (Å²) in [5.74, 6) is 0.661. The highest BCUT2D eigenvalue weighted by Crippen LogP contribution is 2.32. The number of halogens is 4. The molecule has 0 radical (unpaired) electrons. The SMILES string of the molecule is FC(F)(F)c1cnc(NCCc2ncon2)c(Cl)c1. The Kier molecular flexibility index (Phi) is 3.89. The zero-order valence-electron chi connectivity index (χ0n) is 9.41. The van der Waals surface area contributed by atoms with E-state index in [0.29, 0.717) is 18.8 Å².